The topological polar surface area (TPSA) is 110 Å². The maximum atomic E-state index is 11.7. The highest BCUT2D eigenvalue weighted by molar-refractivity contribution is 6.28. The van der Waals surface area contributed by atoms with Crippen molar-refractivity contribution in [3.63, 3.8) is 0 Å². The zero-order valence-electron chi connectivity index (χ0n) is 15.4. The standard InChI is InChI=1S/C18H23ClN4O4/c1-17(2,3)27-16(26)22-18(6-4-5-7-18)10-23-12(14(24)25)8-11-9-20-15(19)21-13(11)23/h4,6,8-9,16,22,26H,5,7,10H2,1-3H3,(H,24,25). The van der Waals surface area contributed by atoms with Crippen LogP contribution in [0.3, 0.4) is 0 Å². The summed E-state index contributed by atoms with van der Waals surface area (Å²) in [6.07, 6.45) is 5.69. The van der Waals surface area contributed by atoms with Crippen molar-refractivity contribution >= 4 is 28.6 Å². The minimum atomic E-state index is -1.21. The van der Waals surface area contributed by atoms with Gasteiger partial charge in [0.25, 0.3) is 0 Å². The molecule has 27 heavy (non-hydrogen) atoms. The Bertz CT molecular complexity index is 889. The van der Waals surface area contributed by atoms with Gasteiger partial charge in [0.05, 0.1) is 11.1 Å². The zero-order valence-corrected chi connectivity index (χ0v) is 16.2. The highest BCUT2D eigenvalue weighted by Crippen LogP contribution is 2.29. The second kappa shape index (κ2) is 7.20. The summed E-state index contributed by atoms with van der Waals surface area (Å²) in [6.45, 7) is 5.77. The molecule has 2 heterocycles. The number of allylic oxidation sites excluding steroid dienone is 1. The van der Waals surface area contributed by atoms with Gasteiger partial charge < -0.3 is 19.5 Å². The van der Waals surface area contributed by atoms with E-state index in [-0.39, 0.29) is 17.5 Å². The van der Waals surface area contributed by atoms with E-state index in [1.165, 1.54) is 12.3 Å². The van der Waals surface area contributed by atoms with E-state index in [4.69, 9.17) is 16.3 Å². The minimum Gasteiger partial charge on any atom is -0.477 e. The number of hydrogen-bond acceptors (Lipinski definition) is 6. The summed E-state index contributed by atoms with van der Waals surface area (Å²) in [7, 11) is 0. The Morgan fingerprint density at radius 2 is 2.26 bits per heavy atom. The van der Waals surface area contributed by atoms with Crippen molar-refractivity contribution in [3.8, 4) is 0 Å². The van der Waals surface area contributed by atoms with Crippen molar-refractivity contribution in [1.82, 2.24) is 19.9 Å². The zero-order chi connectivity index (χ0) is 19.8. The summed E-state index contributed by atoms with van der Waals surface area (Å²) in [5.41, 5.74) is -0.712. The molecule has 2 aromatic heterocycles. The normalized spacial score (nSPS) is 21.1. The van der Waals surface area contributed by atoms with Crippen molar-refractivity contribution in [2.75, 3.05) is 0 Å². The second-order valence-electron chi connectivity index (χ2n) is 7.66. The fraction of sp³-hybridized carbons (Fsp3) is 0.500. The molecule has 0 spiro atoms. The van der Waals surface area contributed by atoms with Crippen LogP contribution in [0.4, 0.5) is 0 Å². The summed E-state index contributed by atoms with van der Waals surface area (Å²) in [4.78, 5) is 19.9. The van der Waals surface area contributed by atoms with Gasteiger partial charge in [-0.05, 0) is 51.3 Å². The highest BCUT2D eigenvalue weighted by Gasteiger charge is 2.35. The molecule has 2 atom stereocenters. The number of hydrogen-bond donors (Lipinski definition) is 3. The fourth-order valence-corrected chi connectivity index (χ4v) is 3.41. The molecule has 3 rings (SSSR count). The summed E-state index contributed by atoms with van der Waals surface area (Å²) in [5.74, 6) is -1.08. The van der Waals surface area contributed by atoms with E-state index in [1.54, 1.807) is 4.57 Å². The van der Waals surface area contributed by atoms with E-state index in [0.717, 1.165) is 6.42 Å². The molecule has 2 aromatic rings. The average molecular weight is 395 g/mol. The van der Waals surface area contributed by atoms with Crippen molar-refractivity contribution in [3.05, 3.63) is 35.4 Å². The lowest BCUT2D eigenvalue weighted by Gasteiger charge is -2.34. The summed E-state index contributed by atoms with van der Waals surface area (Å²) >= 11 is 5.92. The number of halogens is 1. The summed E-state index contributed by atoms with van der Waals surface area (Å²) in [6, 6.07) is 1.52. The number of rotatable bonds is 6. The molecular weight excluding hydrogens is 372 g/mol. The van der Waals surface area contributed by atoms with Crippen molar-refractivity contribution in [1.29, 1.82) is 0 Å². The number of aromatic carboxylic acids is 1. The number of nitrogens with one attached hydrogen (secondary N) is 1. The lowest BCUT2D eigenvalue weighted by atomic mass is 9.98. The molecule has 3 N–H and O–H groups in total. The quantitative estimate of drug-likeness (QED) is 0.392. The number of carbonyl (C=O) groups is 1. The van der Waals surface area contributed by atoms with Crippen LogP contribution < -0.4 is 5.32 Å². The van der Waals surface area contributed by atoms with Gasteiger partial charge in [-0.1, -0.05) is 12.2 Å². The minimum absolute atomic E-state index is 0.0406. The fourth-order valence-electron chi connectivity index (χ4n) is 3.28. The molecule has 0 aliphatic heterocycles. The van der Waals surface area contributed by atoms with E-state index in [0.29, 0.717) is 17.5 Å². The van der Waals surface area contributed by atoms with Crippen LogP contribution in [-0.4, -0.2) is 48.3 Å². The monoisotopic (exact) mass is 394 g/mol. The van der Waals surface area contributed by atoms with Gasteiger partial charge >= 0.3 is 5.97 Å². The maximum Gasteiger partial charge on any atom is 0.352 e. The number of nitrogens with zero attached hydrogens (tertiary/aromatic N) is 3. The Morgan fingerprint density at radius 1 is 1.52 bits per heavy atom. The molecule has 0 saturated heterocycles. The lowest BCUT2D eigenvalue weighted by molar-refractivity contribution is -0.190. The number of fused-ring (bicyclic) bond motifs is 1. The molecule has 0 saturated carbocycles. The molecule has 0 bridgehead atoms. The third-order valence-electron chi connectivity index (χ3n) is 4.33. The third-order valence-corrected chi connectivity index (χ3v) is 4.52. The van der Waals surface area contributed by atoms with Gasteiger partial charge in [0, 0.05) is 18.1 Å². The summed E-state index contributed by atoms with van der Waals surface area (Å²) < 4.78 is 7.15. The number of carboxylic acid groups (broad SMARTS) is 1. The van der Waals surface area contributed by atoms with Crippen LogP contribution in [0.5, 0.6) is 0 Å². The number of carboxylic acids is 1. The Labute approximate surface area is 161 Å². The second-order valence-corrected chi connectivity index (χ2v) is 8.00. The predicted molar refractivity (Wildman–Crippen MR) is 101 cm³/mol. The van der Waals surface area contributed by atoms with Crippen LogP contribution in [-0.2, 0) is 11.3 Å². The van der Waals surface area contributed by atoms with Gasteiger partial charge in [0.15, 0.2) is 0 Å². The maximum absolute atomic E-state index is 11.7. The first-order valence-corrected chi connectivity index (χ1v) is 9.03. The summed E-state index contributed by atoms with van der Waals surface area (Å²) in [5, 5.41) is 23.7. The van der Waals surface area contributed by atoms with Crippen molar-refractivity contribution < 1.29 is 19.7 Å². The Morgan fingerprint density at radius 3 is 2.85 bits per heavy atom. The largest absolute Gasteiger partial charge is 0.477 e. The molecule has 1 aliphatic carbocycles. The molecule has 8 nitrogen and oxygen atoms in total. The number of aliphatic hydroxyl groups is 1. The molecule has 9 heteroatoms. The molecule has 146 valence electrons. The number of ether oxygens (including phenoxy) is 1. The van der Waals surface area contributed by atoms with E-state index in [1.807, 2.05) is 32.9 Å². The van der Waals surface area contributed by atoms with Gasteiger partial charge in [-0.15, -0.1) is 0 Å². The Balaban J connectivity index is 1.97. The van der Waals surface area contributed by atoms with Crippen LogP contribution >= 0.6 is 11.6 Å². The molecular formula is C18H23ClN4O4. The Kier molecular flexibility index (Phi) is 5.27. The van der Waals surface area contributed by atoms with Gasteiger partial charge in [0.1, 0.15) is 11.3 Å². The first-order chi connectivity index (χ1) is 12.6. The number of aromatic nitrogens is 3. The Hall–Kier alpha value is -2.00. The van der Waals surface area contributed by atoms with Crippen LogP contribution in [0, 0.1) is 0 Å². The van der Waals surface area contributed by atoms with Gasteiger partial charge in [-0.2, -0.15) is 4.98 Å². The first-order valence-electron chi connectivity index (χ1n) is 8.65. The van der Waals surface area contributed by atoms with E-state index in [2.05, 4.69) is 15.3 Å². The van der Waals surface area contributed by atoms with E-state index in [9.17, 15) is 15.0 Å². The van der Waals surface area contributed by atoms with Crippen LogP contribution in [0.2, 0.25) is 5.28 Å². The van der Waals surface area contributed by atoms with Gasteiger partial charge in [-0.3, -0.25) is 5.32 Å². The molecule has 0 fully saturated rings. The third kappa shape index (κ3) is 4.47. The van der Waals surface area contributed by atoms with E-state index >= 15 is 0 Å². The first kappa shape index (κ1) is 19.8. The molecule has 1 aliphatic rings. The molecule has 0 radical (unpaired) electrons. The van der Waals surface area contributed by atoms with Crippen molar-refractivity contribution in [2.45, 2.75) is 57.7 Å². The number of aliphatic hydroxyl groups excluding tert-OH is 1. The van der Waals surface area contributed by atoms with Gasteiger partial charge in [-0.25, -0.2) is 9.78 Å². The van der Waals surface area contributed by atoms with Crippen LogP contribution in [0.15, 0.2) is 24.4 Å². The SMILES string of the molecule is CC(C)(C)OC(O)NC1(Cn2c(C(=O)O)cc3cnc(Cl)nc32)C=CCC1. The smallest absolute Gasteiger partial charge is 0.352 e. The van der Waals surface area contributed by atoms with Crippen molar-refractivity contribution in [2.24, 2.45) is 0 Å². The molecule has 2 unspecified atom stereocenters. The molecule has 0 amide bonds. The van der Waals surface area contributed by atoms with E-state index < -0.39 is 23.5 Å². The predicted octanol–water partition coefficient (Wildman–Crippen LogP) is 2.55. The van der Waals surface area contributed by atoms with Crippen LogP contribution in [0.1, 0.15) is 44.1 Å². The molecule has 0 aromatic carbocycles. The highest BCUT2D eigenvalue weighted by atomic mass is 35.5. The average Bonchev–Trinajstić information content (AvgIpc) is 3.11. The lowest BCUT2D eigenvalue weighted by Crippen LogP contribution is -2.53. The van der Waals surface area contributed by atoms with Crippen LogP contribution in [0.25, 0.3) is 11.0 Å². The van der Waals surface area contributed by atoms with Gasteiger partial charge in [0.2, 0.25) is 11.7 Å².